The lowest BCUT2D eigenvalue weighted by atomic mass is 9.96. The van der Waals surface area contributed by atoms with Crippen LogP contribution in [-0.4, -0.2) is 193 Å². The van der Waals surface area contributed by atoms with Crippen molar-refractivity contribution in [2.75, 3.05) is 26.4 Å². The zero-order valence-corrected chi connectivity index (χ0v) is 64.7. The van der Waals surface area contributed by atoms with Gasteiger partial charge in [-0.25, -0.2) is 0 Å². The molecule has 3 saturated heterocycles. The van der Waals surface area contributed by atoms with E-state index in [1.54, 1.807) is 6.08 Å². The minimum Gasteiger partial charge on any atom is -0.394 e. The van der Waals surface area contributed by atoms with Crippen molar-refractivity contribution in [3.63, 3.8) is 0 Å². The predicted molar refractivity (Wildman–Crippen MR) is 415 cm³/mol. The number of nitrogens with one attached hydrogen (secondary N) is 1. The molecule has 604 valence electrons. The first-order valence-corrected chi connectivity index (χ1v) is 41.8. The number of allylic oxidation sites excluding steroid dienone is 13. The van der Waals surface area contributed by atoms with Gasteiger partial charge in [0.25, 0.3) is 0 Å². The maximum atomic E-state index is 13.5. The Morgan fingerprint density at radius 1 is 0.356 bits per heavy atom. The summed E-state index contributed by atoms with van der Waals surface area (Å²) in [5.74, 6) is -0.272. The van der Waals surface area contributed by atoms with E-state index in [1.807, 2.05) is 6.08 Å². The third-order valence-corrected chi connectivity index (χ3v) is 20.4. The number of aliphatic hydroxyl groups is 11. The number of carbonyl (C=O) groups is 1. The summed E-state index contributed by atoms with van der Waals surface area (Å²) in [6, 6.07) is -0.976. The molecule has 19 nitrogen and oxygen atoms in total. The molecule has 104 heavy (non-hydrogen) atoms. The second-order valence-electron chi connectivity index (χ2n) is 29.6. The predicted octanol–water partition coefficient (Wildman–Crippen LogP) is 14.6. The van der Waals surface area contributed by atoms with E-state index in [-0.39, 0.29) is 18.9 Å². The first-order chi connectivity index (χ1) is 50.8. The van der Waals surface area contributed by atoms with Crippen LogP contribution < -0.4 is 5.32 Å². The van der Waals surface area contributed by atoms with E-state index in [0.29, 0.717) is 6.42 Å². The Kier molecular flexibility index (Phi) is 59.3. The largest absolute Gasteiger partial charge is 0.394 e. The van der Waals surface area contributed by atoms with Gasteiger partial charge in [0.1, 0.15) is 73.2 Å². The second kappa shape index (κ2) is 64.8. The van der Waals surface area contributed by atoms with Gasteiger partial charge < -0.3 is 89.9 Å². The SMILES string of the molecule is CC/C=C\C/C=C\C/C=C\C/C=C\C/C=C\C/C=C\CCCCCCCCCCCCCCCCCCCCCCC(=O)NC(COC1OC(CO)C(OC2OC(CO)C(OC3OC(CO)C(O)C(O)C3O)C(O)C2O)C(O)C1O)C(O)/C=C/CCCCCCCCCCCCCCCCCCCC. The van der Waals surface area contributed by atoms with Gasteiger partial charge in [0, 0.05) is 6.42 Å². The summed E-state index contributed by atoms with van der Waals surface area (Å²) in [5.41, 5.74) is 0. The van der Waals surface area contributed by atoms with Crippen LogP contribution in [0.5, 0.6) is 0 Å². The van der Waals surface area contributed by atoms with Gasteiger partial charge in [0.2, 0.25) is 5.91 Å². The number of hydrogen-bond acceptors (Lipinski definition) is 18. The number of carbonyl (C=O) groups excluding carboxylic acids is 1. The summed E-state index contributed by atoms with van der Waals surface area (Å²) in [5, 5.41) is 121. The Morgan fingerprint density at radius 2 is 0.663 bits per heavy atom. The normalized spacial score (nSPS) is 26.3. The molecular weight excluding hydrogens is 1320 g/mol. The minimum absolute atomic E-state index is 0.244. The van der Waals surface area contributed by atoms with Gasteiger partial charge in [0.15, 0.2) is 18.9 Å². The molecule has 0 spiro atoms. The van der Waals surface area contributed by atoms with Crippen molar-refractivity contribution >= 4 is 5.91 Å². The zero-order chi connectivity index (χ0) is 75.3. The third kappa shape index (κ3) is 44.0. The topological polar surface area (TPSA) is 307 Å². The molecule has 3 heterocycles. The summed E-state index contributed by atoms with van der Waals surface area (Å²) < 4.78 is 34.5. The molecular formula is C85H151NO18. The van der Waals surface area contributed by atoms with E-state index in [9.17, 15) is 61.0 Å². The average Bonchev–Trinajstić information content (AvgIpc) is 0.783. The summed E-state index contributed by atoms with van der Waals surface area (Å²) >= 11 is 0. The fraction of sp³-hybridized carbons (Fsp3) is 0.824. The van der Waals surface area contributed by atoms with Crippen LogP contribution in [0.1, 0.15) is 316 Å². The maximum absolute atomic E-state index is 13.5. The van der Waals surface area contributed by atoms with Gasteiger partial charge in [-0.15, -0.1) is 0 Å². The standard InChI is InChI=1S/C85H151NO18/c1-3-5-7-9-11-13-15-17-19-21-23-25-26-27-28-29-30-31-32-33-34-35-36-37-38-39-40-41-42-43-45-47-49-51-53-55-57-59-61-63-73(91)86-68(69(90)62-60-58-56-54-52-50-48-46-44-24-22-20-18-16-14-12-10-8-6-4-2)67-99-83-79(97)76(94)81(71(65-88)101-83)104-85-80(98)77(95)82(72(66-89)102-85)103-84-78(96)75(93)74(92)70(64-87)100-84/h5,7,11,13,17,19,23,25,27-28,30-31,60,62,68-72,74-85,87-90,92-98H,3-4,6,8-10,12,14-16,18,20-22,24,26,29,32-59,61,63-67H2,1-2H3,(H,86,91)/b7-5-,13-11-,19-17-,25-23-,28-27-,31-30-,62-60+. The highest BCUT2D eigenvalue weighted by atomic mass is 16.8. The van der Waals surface area contributed by atoms with Gasteiger partial charge in [-0.05, 0) is 70.6 Å². The van der Waals surface area contributed by atoms with E-state index in [4.69, 9.17) is 28.4 Å². The molecule has 3 rings (SSSR count). The van der Waals surface area contributed by atoms with Crippen molar-refractivity contribution in [3.05, 3.63) is 85.1 Å². The van der Waals surface area contributed by atoms with Crippen molar-refractivity contribution in [2.45, 2.75) is 420 Å². The molecule has 0 aliphatic carbocycles. The van der Waals surface area contributed by atoms with Gasteiger partial charge in [-0.1, -0.05) is 324 Å². The monoisotopic (exact) mass is 1470 g/mol. The van der Waals surface area contributed by atoms with Crippen molar-refractivity contribution in [1.29, 1.82) is 0 Å². The molecule has 1 amide bonds. The van der Waals surface area contributed by atoms with Crippen LogP contribution in [0.25, 0.3) is 0 Å². The van der Waals surface area contributed by atoms with Gasteiger partial charge in [0.05, 0.1) is 38.6 Å². The molecule has 3 aliphatic heterocycles. The van der Waals surface area contributed by atoms with Gasteiger partial charge in [-0.3, -0.25) is 4.79 Å². The molecule has 3 aliphatic rings. The van der Waals surface area contributed by atoms with Crippen molar-refractivity contribution in [1.82, 2.24) is 5.32 Å². The quantitative estimate of drug-likeness (QED) is 0.0199. The van der Waals surface area contributed by atoms with Crippen LogP contribution in [0.2, 0.25) is 0 Å². The van der Waals surface area contributed by atoms with E-state index in [2.05, 4.69) is 92.1 Å². The third-order valence-electron chi connectivity index (χ3n) is 20.4. The molecule has 0 saturated carbocycles. The molecule has 0 radical (unpaired) electrons. The van der Waals surface area contributed by atoms with Crippen molar-refractivity contribution in [3.8, 4) is 0 Å². The molecule has 0 bridgehead atoms. The number of aliphatic hydroxyl groups excluding tert-OH is 11. The Hall–Kier alpha value is -3.03. The summed E-state index contributed by atoms with van der Waals surface area (Å²) in [6.07, 6.45) is 60.0. The fourth-order valence-electron chi connectivity index (χ4n) is 13.8. The first-order valence-electron chi connectivity index (χ1n) is 41.8. The Morgan fingerprint density at radius 3 is 1.04 bits per heavy atom. The molecule has 0 aromatic heterocycles. The van der Waals surface area contributed by atoms with Crippen molar-refractivity contribution in [2.24, 2.45) is 0 Å². The van der Waals surface area contributed by atoms with Gasteiger partial charge >= 0.3 is 0 Å². The molecule has 3 fully saturated rings. The molecule has 17 unspecified atom stereocenters. The molecule has 17 atom stereocenters. The average molecular weight is 1480 g/mol. The highest BCUT2D eigenvalue weighted by molar-refractivity contribution is 5.76. The molecule has 0 aromatic rings. The highest BCUT2D eigenvalue weighted by Crippen LogP contribution is 2.33. The van der Waals surface area contributed by atoms with Crippen LogP contribution in [0.15, 0.2) is 85.1 Å². The lowest BCUT2D eigenvalue weighted by molar-refractivity contribution is -0.379. The second-order valence-corrected chi connectivity index (χ2v) is 29.6. The Bertz CT molecular complexity index is 2210. The lowest BCUT2D eigenvalue weighted by Crippen LogP contribution is -2.66. The number of hydrogen-bond donors (Lipinski definition) is 12. The number of rotatable bonds is 66. The zero-order valence-electron chi connectivity index (χ0n) is 64.7. The highest BCUT2D eigenvalue weighted by Gasteiger charge is 2.54. The fourth-order valence-corrected chi connectivity index (χ4v) is 13.8. The first kappa shape index (κ1) is 95.2. The maximum Gasteiger partial charge on any atom is 0.220 e. The van der Waals surface area contributed by atoms with Crippen LogP contribution in [0, 0.1) is 0 Å². The molecule has 0 aromatic carbocycles. The molecule has 12 N–H and O–H groups in total. The molecule has 19 heteroatoms. The summed E-state index contributed by atoms with van der Waals surface area (Å²) in [7, 11) is 0. The Balaban J connectivity index is 1.32. The Labute approximate surface area is 629 Å². The van der Waals surface area contributed by atoms with Crippen LogP contribution in [0.4, 0.5) is 0 Å². The number of ether oxygens (including phenoxy) is 6. The minimum atomic E-state index is -1.98. The number of amides is 1. The van der Waals surface area contributed by atoms with Crippen molar-refractivity contribution < 1.29 is 89.4 Å². The van der Waals surface area contributed by atoms with Crippen LogP contribution in [0.3, 0.4) is 0 Å². The van der Waals surface area contributed by atoms with E-state index >= 15 is 0 Å². The van der Waals surface area contributed by atoms with Crippen LogP contribution in [-0.2, 0) is 33.2 Å². The van der Waals surface area contributed by atoms with E-state index < -0.39 is 124 Å². The van der Waals surface area contributed by atoms with Crippen LogP contribution >= 0.6 is 0 Å². The smallest absolute Gasteiger partial charge is 0.220 e. The summed E-state index contributed by atoms with van der Waals surface area (Å²) in [4.78, 5) is 13.5. The van der Waals surface area contributed by atoms with Gasteiger partial charge in [-0.2, -0.15) is 0 Å². The lowest BCUT2D eigenvalue weighted by Gasteiger charge is -2.48. The number of unbranched alkanes of at least 4 members (excludes halogenated alkanes) is 38. The van der Waals surface area contributed by atoms with E-state index in [0.717, 1.165) is 83.5 Å². The van der Waals surface area contributed by atoms with E-state index in [1.165, 1.54) is 205 Å². The summed E-state index contributed by atoms with van der Waals surface area (Å²) in [6.45, 7) is 1.66.